The Morgan fingerprint density at radius 2 is 1.95 bits per heavy atom. The molecule has 2 nitrogen and oxygen atoms in total. The summed E-state index contributed by atoms with van der Waals surface area (Å²) in [6.45, 7) is 2.13. The van der Waals surface area contributed by atoms with E-state index < -0.39 is 0 Å². The third-order valence-electron chi connectivity index (χ3n) is 3.06. The average Bonchev–Trinajstić information content (AvgIpc) is 2.96. The van der Waals surface area contributed by atoms with Crippen LogP contribution in [0.5, 0.6) is 0 Å². The average molecular weight is 333 g/mol. The maximum Gasteiger partial charge on any atom is 0.115 e. The van der Waals surface area contributed by atoms with Gasteiger partial charge in [-0.15, -0.1) is 11.3 Å². The Kier molecular flexibility index (Phi) is 3.53. The summed E-state index contributed by atoms with van der Waals surface area (Å²) in [5.41, 5.74) is 1.14. The minimum Gasteiger partial charge on any atom is -0.376 e. The number of anilines is 1. The van der Waals surface area contributed by atoms with Crippen molar-refractivity contribution in [1.29, 1.82) is 0 Å². The van der Waals surface area contributed by atoms with E-state index in [9.17, 15) is 0 Å². The highest BCUT2D eigenvalue weighted by atomic mass is 79.9. The highest BCUT2D eigenvalue weighted by Gasteiger charge is 2.10. The summed E-state index contributed by atoms with van der Waals surface area (Å²) in [5.74, 6) is 0. The largest absolute Gasteiger partial charge is 0.376 e. The summed E-state index contributed by atoms with van der Waals surface area (Å²) in [5, 5.41) is 9.10. The van der Waals surface area contributed by atoms with Crippen LogP contribution in [0.2, 0.25) is 0 Å². The first kappa shape index (κ1) is 12.6. The maximum absolute atomic E-state index is 4.36. The molecular formula is C15H13BrN2S. The van der Waals surface area contributed by atoms with Crippen LogP contribution >= 0.6 is 27.3 Å². The molecule has 0 aliphatic rings. The Balaban J connectivity index is 2.00. The molecule has 4 heteroatoms. The number of hydrogen-bond acceptors (Lipinski definition) is 3. The number of halogens is 1. The molecule has 96 valence electrons. The second kappa shape index (κ2) is 5.31. The van der Waals surface area contributed by atoms with E-state index in [0.717, 1.165) is 15.2 Å². The van der Waals surface area contributed by atoms with Crippen LogP contribution in [0.1, 0.15) is 18.0 Å². The number of rotatable bonds is 3. The molecule has 2 aromatic carbocycles. The quantitative estimate of drug-likeness (QED) is 0.710. The van der Waals surface area contributed by atoms with Gasteiger partial charge in [0.1, 0.15) is 5.01 Å². The van der Waals surface area contributed by atoms with Crippen molar-refractivity contribution in [2.75, 3.05) is 5.32 Å². The molecule has 0 radical (unpaired) electrons. The lowest BCUT2D eigenvalue weighted by molar-refractivity contribution is 0.871. The van der Waals surface area contributed by atoms with E-state index in [-0.39, 0.29) is 6.04 Å². The van der Waals surface area contributed by atoms with Gasteiger partial charge >= 0.3 is 0 Å². The zero-order valence-electron chi connectivity index (χ0n) is 10.4. The summed E-state index contributed by atoms with van der Waals surface area (Å²) >= 11 is 5.27. The van der Waals surface area contributed by atoms with Crippen LogP contribution in [0.4, 0.5) is 5.69 Å². The van der Waals surface area contributed by atoms with Crippen molar-refractivity contribution in [2.45, 2.75) is 13.0 Å². The highest BCUT2D eigenvalue weighted by molar-refractivity contribution is 9.10. The van der Waals surface area contributed by atoms with E-state index in [0.29, 0.717) is 0 Å². The molecule has 0 fully saturated rings. The SMILES string of the molecule is CC(Nc1ccc(Br)c2ccccc12)c1nccs1. The Morgan fingerprint density at radius 1 is 1.16 bits per heavy atom. The predicted molar refractivity (Wildman–Crippen MR) is 85.8 cm³/mol. The van der Waals surface area contributed by atoms with E-state index >= 15 is 0 Å². The molecule has 3 aromatic rings. The molecule has 0 bridgehead atoms. The molecule has 0 saturated carbocycles. The second-order valence-electron chi connectivity index (χ2n) is 4.38. The van der Waals surface area contributed by atoms with Crippen molar-refractivity contribution >= 4 is 43.7 Å². The van der Waals surface area contributed by atoms with Gasteiger partial charge in [0.25, 0.3) is 0 Å². The molecule has 0 aliphatic carbocycles. The molecule has 3 rings (SSSR count). The molecule has 0 amide bonds. The van der Waals surface area contributed by atoms with Crippen molar-refractivity contribution in [1.82, 2.24) is 4.98 Å². The lowest BCUT2D eigenvalue weighted by atomic mass is 10.1. The van der Waals surface area contributed by atoms with Gasteiger partial charge in [0.05, 0.1) is 6.04 Å². The number of benzene rings is 2. The van der Waals surface area contributed by atoms with Gasteiger partial charge < -0.3 is 5.32 Å². The summed E-state index contributed by atoms with van der Waals surface area (Å²) < 4.78 is 1.12. The van der Waals surface area contributed by atoms with Crippen molar-refractivity contribution in [3.63, 3.8) is 0 Å². The third kappa shape index (κ3) is 2.51. The molecule has 1 aromatic heterocycles. The van der Waals surface area contributed by atoms with Gasteiger partial charge in [0, 0.05) is 27.1 Å². The summed E-state index contributed by atoms with van der Waals surface area (Å²) in [7, 11) is 0. The van der Waals surface area contributed by atoms with Crippen molar-refractivity contribution < 1.29 is 0 Å². The number of thiazole rings is 1. The fraction of sp³-hybridized carbons (Fsp3) is 0.133. The zero-order valence-corrected chi connectivity index (χ0v) is 12.8. The Hall–Kier alpha value is -1.39. The van der Waals surface area contributed by atoms with E-state index in [2.05, 4.69) is 69.6 Å². The monoisotopic (exact) mass is 332 g/mol. The lowest BCUT2D eigenvalue weighted by Crippen LogP contribution is -2.06. The van der Waals surface area contributed by atoms with Crippen LogP contribution in [0.25, 0.3) is 10.8 Å². The molecule has 0 aliphatic heterocycles. The molecule has 0 spiro atoms. The van der Waals surface area contributed by atoms with Crippen molar-refractivity contribution in [3.8, 4) is 0 Å². The summed E-state index contributed by atoms with van der Waals surface area (Å²) in [6, 6.07) is 12.8. The van der Waals surface area contributed by atoms with Crippen LogP contribution in [0.15, 0.2) is 52.4 Å². The van der Waals surface area contributed by atoms with Gasteiger partial charge in [0.15, 0.2) is 0 Å². The van der Waals surface area contributed by atoms with Gasteiger partial charge in [-0.2, -0.15) is 0 Å². The normalized spacial score (nSPS) is 12.5. The fourth-order valence-electron chi connectivity index (χ4n) is 2.13. The molecule has 1 N–H and O–H groups in total. The predicted octanol–water partition coefficient (Wildman–Crippen LogP) is 5.23. The van der Waals surface area contributed by atoms with E-state index in [1.165, 1.54) is 10.8 Å². The molecule has 1 atom stereocenters. The Bertz CT molecular complexity index is 694. The maximum atomic E-state index is 4.36. The highest BCUT2D eigenvalue weighted by Crippen LogP contribution is 2.32. The standard InChI is InChI=1S/C15H13BrN2S/c1-10(15-17-8-9-19-15)18-14-7-6-13(16)11-4-2-3-5-12(11)14/h2-10,18H,1H3. The molecule has 1 unspecified atom stereocenters. The summed E-state index contributed by atoms with van der Waals surface area (Å²) in [4.78, 5) is 4.36. The van der Waals surface area contributed by atoms with Crippen LogP contribution in [0, 0.1) is 0 Å². The first-order valence-corrected chi connectivity index (χ1v) is 7.76. The zero-order chi connectivity index (χ0) is 13.2. The molecule has 1 heterocycles. The minimum atomic E-state index is 0.213. The Morgan fingerprint density at radius 3 is 2.68 bits per heavy atom. The first-order valence-electron chi connectivity index (χ1n) is 6.09. The van der Waals surface area contributed by atoms with E-state index in [1.807, 2.05) is 11.6 Å². The van der Waals surface area contributed by atoms with Gasteiger partial charge in [-0.1, -0.05) is 40.2 Å². The van der Waals surface area contributed by atoms with Crippen molar-refractivity contribution in [3.05, 3.63) is 57.5 Å². The topological polar surface area (TPSA) is 24.9 Å². The number of nitrogens with one attached hydrogen (secondary N) is 1. The van der Waals surface area contributed by atoms with Gasteiger partial charge in [-0.05, 0) is 24.4 Å². The number of nitrogens with zero attached hydrogens (tertiary/aromatic N) is 1. The Labute approximate surface area is 124 Å². The first-order chi connectivity index (χ1) is 9.25. The van der Waals surface area contributed by atoms with Gasteiger partial charge in [-0.3, -0.25) is 0 Å². The van der Waals surface area contributed by atoms with Crippen LogP contribution in [0.3, 0.4) is 0 Å². The lowest BCUT2D eigenvalue weighted by Gasteiger charge is -2.15. The number of fused-ring (bicyclic) bond motifs is 1. The minimum absolute atomic E-state index is 0.213. The van der Waals surface area contributed by atoms with E-state index in [1.54, 1.807) is 11.3 Å². The second-order valence-corrected chi connectivity index (χ2v) is 6.16. The fourth-order valence-corrected chi connectivity index (χ4v) is 3.26. The third-order valence-corrected chi connectivity index (χ3v) is 4.71. The smallest absolute Gasteiger partial charge is 0.115 e. The summed E-state index contributed by atoms with van der Waals surface area (Å²) in [6.07, 6.45) is 1.85. The van der Waals surface area contributed by atoms with Crippen LogP contribution in [-0.4, -0.2) is 4.98 Å². The molecule has 19 heavy (non-hydrogen) atoms. The van der Waals surface area contributed by atoms with E-state index in [4.69, 9.17) is 0 Å². The van der Waals surface area contributed by atoms with Crippen molar-refractivity contribution in [2.24, 2.45) is 0 Å². The van der Waals surface area contributed by atoms with Gasteiger partial charge in [-0.25, -0.2) is 4.98 Å². The molecular weight excluding hydrogens is 320 g/mol. The number of hydrogen-bond donors (Lipinski definition) is 1. The molecule has 0 saturated heterocycles. The van der Waals surface area contributed by atoms with Gasteiger partial charge in [0.2, 0.25) is 0 Å². The van der Waals surface area contributed by atoms with Crippen LogP contribution in [-0.2, 0) is 0 Å². The van der Waals surface area contributed by atoms with Crippen LogP contribution < -0.4 is 5.32 Å². The number of aromatic nitrogens is 1.